The lowest BCUT2D eigenvalue weighted by Crippen LogP contribution is -2.51. The fourth-order valence-electron chi connectivity index (χ4n) is 6.81. The molecular formula is C37H43Cl2F2N2O9-. The third-order valence-corrected chi connectivity index (χ3v) is 10.4. The highest BCUT2D eigenvalue weighted by atomic mass is 35.5. The number of nitrogens with zero attached hydrogens (tertiary/aromatic N) is 1. The molecule has 5 rings (SSSR count). The number of ether oxygens (including phenoxy) is 2. The molecule has 0 bridgehead atoms. The highest BCUT2D eigenvalue weighted by molar-refractivity contribution is 6.30. The van der Waals surface area contributed by atoms with E-state index in [2.05, 4.69) is 0 Å². The van der Waals surface area contributed by atoms with E-state index in [1.54, 1.807) is 55.5 Å². The number of hydrogen-bond donors (Lipinski definition) is 5. The third kappa shape index (κ3) is 7.84. The van der Waals surface area contributed by atoms with Gasteiger partial charge in [0.2, 0.25) is 0 Å². The van der Waals surface area contributed by atoms with Crippen molar-refractivity contribution in [3.05, 3.63) is 104 Å². The second kappa shape index (κ2) is 16.8. The van der Waals surface area contributed by atoms with Gasteiger partial charge in [0.05, 0.1) is 42.5 Å². The summed E-state index contributed by atoms with van der Waals surface area (Å²) < 4.78 is 44.5. The Hall–Kier alpha value is -3.24. The average Bonchev–Trinajstić information content (AvgIpc) is 3.40. The van der Waals surface area contributed by atoms with Crippen molar-refractivity contribution in [1.29, 1.82) is 0 Å². The molecule has 1 fully saturated rings. The molecule has 0 radical (unpaired) electrons. The van der Waals surface area contributed by atoms with Gasteiger partial charge in [-0.05, 0) is 66.8 Å². The van der Waals surface area contributed by atoms with E-state index in [1.807, 2.05) is 0 Å². The van der Waals surface area contributed by atoms with E-state index in [0.717, 1.165) is 6.07 Å². The zero-order chi connectivity index (χ0) is 38.5. The van der Waals surface area contributed by atoms with Gasteiger partial charge in [-0.15, -0.1) is 0 Å². The number of aliphatic hydroxyl groups is 4. The molecule has 2 aliphatic rings. The van der Waals surface area contributed by atoms with Crippen molar-refractivity contribution < 1.29 is 53.4 Å². The molecule has 11 nitrogen and oxygen atoms in total. The Balaban J connectivity index is 0.000000677. The van der Waals surface area contributed by atoms with E-state index < -0.39 is 72.5 Å². The van der Waals surface area contributed by atoms with Crippen LogP contribution in [0.4, 0.5) is 8.78 Å². The summed E-state index contributed by atoms with van der Waals surface area (Å²) in [6.45, 7) is 0.562. The Labute approximate surface area is 310 Å². The van der Waals surface area contributed by atoms with Gasteiger partial charge in [0, 0.05) is 54.7 Å². The van der Waals surface area contributed by atoms with Crippen LogP contribution in [-0.4, -0.2) is 88.6 Å². The van der Waals surface area contributed by atoms with E-state index in [0.29, 0.717) is 21.2 Å². The molecule has 0 aliphatic carbocycles. The van der Waals surface area contributed by atoms with Crippen molar-refractivity contribution in [3.8, 4) is 0 Å². The topological polar surface area (TPSA) is 186 Å². The van der Waals surface area contributed by atoms with Crippen molar-refractivity contribution in [2.75, 3.05) is 40.1 Å². The number of carbonyl (C=O) groups is 2. The standard InChI is InChI=1S/C33H33Cl2F2NO6.C4H11NO3/c1-3-32(42,31(37)14-16-44-17-15-31)22-18-25-29(26(36)19-22)33(43-2,21-6-10-24(35)11-7-21)38(30(25)41)27(12-13-28(39)40)20-4-8-23(34)9-5-20;5-4(1-6,2-7)3-8/h4-11,18-19,27,42H,3,12-17H2,1-2H3,(H,39,40);6-8H,1-3,5H2/p-1/t27-,32+,33+;/m0./s1. The second-order valence-corrected chi connectivity index (χ2v) is 13.9. The molecule has 2 aliphatic heterocycles. The minimum Gasteiger partial charge on any atom is -0.550 e. The normalized spacial score (nSPS) is 20.1. The molecule has 3 aromatic carbocycles. The molecule has 284 valence electrons. The van der Waals surface area contributed by atoms with E-state index >= 15 is 8.78 Å². The van der Waals surface area contributed by atoms with Gasteiger partial charge in [-0.1, -0.05) is 54.4 Å². The summed E-state index contributed by atoms with van der Waals surface area (Å²) >= 11 is 12.3. The van der Waals surface area contributed by atoms with Crippen LogP contribution in [0.25, 0.3) is 0 Å². The predicted molar refractivity (Wildman–Crippen MR) is 187 cm³/mol. The summed E-state index contributed by atoms with van der Waals surface area (Å²) in [5.41, 5.74) is -1.74. The number of hydrogen-bond acceptors (Lipinski definition) is 10. The summed E-state index contributed by atoms with van der Waals surface area (Å²) in [5, 5.41) is 49.3. The molecule has 0 unspecified atom stereocenters. The van der Waals surface area contributed by atoms with Crippen molar-refractivity contribution in [2.24, 2.45) is 5.73 Å². The van der Waals surface area contributed by atoms with Crippen molar-refractivity contribution in [2.45, 2.75) is 67.6 Å². The maximum Gasteiger partial charge on any atom is 0.257 e. The fraction of sp³-hybridized carbons (Fsp3) is 0.459. The maximum absolute atomic E-state index is 16.7. The summed E-state index contributed by atoms with van der Waals surface area (Å²) in [6.07, 6.45) is -0.840. The lowest BCUT2D eigenvalue weighted by atomic mass is 9.72. The van der Waals surface area contributed by atoms with Crippen LogP contribution < -0.4 is 10.8 Å². The molecule has 1 saturated heterocycles. The zero-order valence-electron chi connectivity index (χ0n) is 28.8. The van der Waals surface area contributed by atoms with Gasteiger partial charge in [-0.25, -0.2) is 8.78 Å². The molecule has 15 heteroatoms. The van der Waals surface area contributed by atoms with Crippen LogP contribution >= 0.6 is 23.2 Å². The van der Waals surface area contributed by atoms with Crippen LogP contribution in [0.3, 0.4) is 0 Å². The van der Waals surface area contributed by atoms with E-state index in [-0.39, 0.29) is 55.6 Å². The highest BCUT2D eigenvalue weighted by Gasteiger charge is 2.58. The molecular weight excluding hydrogens is 725 g/mol. The van der Waals surface area contributed by atoms with E-state index in [4.69, 9.17) is 53.7 Å². The van der Waals surface area contributed by atoms with Crippen molar-refractivity contribution in [1.82, 2.24) is 4.90 Å². The van der Waals surface area contributed by atoms with Crippen LogP contribution in [0.15, 0.2) is 60.7 Å². The predicted octanol–water partition coefficient (Wildman–Crippen LogP) is 3.48. The number of nitrogens with two attached hydrogens (primary N) is 1. The number of amides is 1. The lowest BCUT2D eigenvalue weighted by molar-refractivity contribution is -0.306. The van der Waals surface area contributed by atoms with Crippen molar-refractivity contribution >= 4 is 35.1 Å². The van der Waals surface area contributed by atoms with Gasteiger partial charge in [0.15, 0.2) is 5.72 Å². The molecule has 52 heavy (non-hydrogen) atoms. The molecule has 0 spiro atoms. The Morgan fingerprint density at radius 1 is 1.04 bits per heavy atom. The number of carboxylic acids is 1. The fourth-order valence-corrected chi connectivity index (χ4v) is 7.06. The van der Waals surface area contributed by atoms with Crippen LogP contribution in [0.1, 0.15) is 77.7 Å². The number of methoxy groups -OCH3 is 1. The summed E-state index contributed by atoms with van der Waals surface area (Å²) in [6, 6.07) is 14.2. The molecule has 6 N–H and O–H groups in total. The Bertz CT molecular complexity index is 1700. The molecule has 3 atom stereocenters. The first-order valence-electron chi connectivity index (χ1n) is 16.7. The van der Waals surface area contributed by atoms with Gasteiger partial charge >= 0.3 is 0 Å². The van der Waals surface area contributed by atoms with Crippen LogP contribution in [0.5, 0.6) is 0 Å². The maximum atomic E-state index is 16.7. The second-order valence-electron chi connectivity index (χ2n) is 13.0. The average molecular weight is 769 g/mol. The first-order chi connectivity index (χ1) is 24.6. The molecule has 0 saturated carbocycles. The summed E-state index contributed by atoms with van der Waals surface area (Å²) in [5.74, 6) is -2.94. The quantitative estimate of drug-likeness (QED) is 0.173. The Morgan fingerprint density at radius 2 is 1.58 bits per heavy atom. The molecule has 1 amide bonds. The molecule has 3 aromatic rings. The van der Waals surface area contributed by atoms with Crippen molar-refractivity contribution in [3.63, 3.8) is 0 Å². The summed E-state index contributed by atoms with van der Waals surface area (Å²) in [7, 11) is 1.32. The smallest absolute Gasteiger partial charge is 0.257 e. The Morgan fingerprint density at radius 3 is 2.04 bits per heavy atom. The zero-order valence-corrected chi connectivity index (χ0v) is 30.3. The number of halogens is 4. The third-order valence-electron chi connectivity index (χ3n) is 9.90. The van der Waals surface area contributed by atoms with Gasteiger partial charge in [-0.3, -0.25) is 9.69 Å². The number of carboxylic acid groups (broad SMARTS) is 1. The van der Waals surface area contributed by atoms with Gasteiger partial charge in [0.25, 0.3) is 5.91 Å². The largest absolute Gasteiger partial charge is 0.550 e. The number of carbonyl (C=O) groups excluding carboxylic acids is 2. The van der Waals surface area contributed by atoms with Crippen LogP contribution in [-0.2, 0) is 25.6 Å². The van der Waals surface area contributed by atoms with Crippen LogP contribution in [0.2, 0.25) is 10.0 Å². The summed E-state index contributed by atoms with van der Waals surface area (Å²) in [4.78, 5) is 27.5. The monoisotopic (exact) mass is 767 g/mol. The van der Waals surface area contributed by atoms with E-state index in [1.165, 1.54) is 18.1 Å². The molecule has 0 aromatic heterocycles. The number of alkyl halides is 1. The number of aliphatic carboxylic acids is 1. The SMILES string of the molecule is CC[C@@](O)(c1cc(F)c2c(c1)C(=O)N([C@@H](CCC(=O)[O-])c1ccc(Cl)cc1)[C@@]2(OC)c1ccc(Cl)cc1)C1(F)CCOCC1.NC(CO)(CO)CO. The number of benzene rings is 3. The Kier molecular flexibility index (Phi) is 13.4. The first-order valence-corrected chi connectivity index (χ1v) is 17.4. The number of fused-ring (bicyclic) bond motifs is 1. The van der Waals surface area contributed by atoms with E-state index in [9.17, 15) is 19.8 Å². The van der Waals surface area contributed by atoms with Crippen LogP contribution in [0, 0.1) is 5.82 Å². The van der Waals surface area contributed by atoms with Gasteiger partial charge in [-0.2, -0.15) is 0 Å². The number of rotatable bonds is 13. The minimum absolute atomic E-state index is 0.0868. The highest BCUT2D eigenvalue weighted by Crippen LogP contribution is 2.53. The minimum atomic E-state index is -2.13. The van der Waals surface area contributed by atoms with Gasteiger partial charge in [0.1, 0.15) is 17.1 Å². The number of aliphatic hydroxyl groups excluding tert-OH is 3. The van der Waals surface area contributed by atoms with Gasteiger partial charge < -0.3 is 45.5 Å². The lowest BCUT2D eigenvalue weighted by Gasteiger charge is -2.44. The molecule has 2 heterocycles. The first kappa shape index (κ1) is 41.5.